The summed E-state index contributed by atoms with van der Waals surface area (Å²) in [4.78, 5) is 0. The first-order chi connectivity index (χ1) is 12.8. The number of rotatable bonds is 4. The van der Waals surface area contributed by atoms with E-state index in [1.54, 1.807) is 0 Å². The maximum atomic E-state index is 14.5. The largest absolute Gasteiger partial charge is 0.432 e. The van der Waals surface area contributed by atoms with Crippen molar-refractivity contribution >= 4 is 0 Å². The molecule has 0 aromatic heterocycles. The van der Waals surface area contributed by atoms with Gasteiger partial charge in [0, 0.05) is 12.1 Å². The molecule has 0 N–H and O–H groups in total. The lowest BCUT2D eigenvalue weighted by Gasteiger charge is -2.39. The van der Waals surface area contributed by atoms with E-state index in [4.69, 9.17) is 0 Å². The summed E-state index contributed by atoms with van der Waals surface area (Å²) in [5.74, 6) is -5.28. The summed E-state index contributed by atoms with van der Waals surface area (Å²) in [6.07, 6.45) is 6.38. The summed E-state index contributed by atoms with van der Waals surface area (Å²) in [5, 5.41) is 0. The standard InChI is InChI=1S/C21H25F5O/c22-17-11-16(12-18(23)19(17)24)27-21(25,26)15-3-1-13(2-4-15)14-5-7-20(8-6-14)9-10-20/h11-15H,1-10H2. The molecule has 0 atom stereocenters. The normalized spacial score (nSPS) is 28.3. The van der Waals surface area contributed by atoms with Crippen LogP contribution in [-0.4, -0.2) is 6.11 Å². The molecule has 0 aliphatic heterocycles. The van der Waals surface area contributed by atoms with Gasteiger partial charge in [-0.3, -0.25) is 0 Å². The minimum absolute atomic E-state index is 0.339. The van der Waals surface area contributed by atoms with Gasteiger partial charge in [-0.05, 0) is 81.5 Å². The Morgan fingerprint density at radius 1 is 0.778 bits per heavy atom. The van der Waals surface area contributed by atoms with Gasteiger partial charge in [-0.15, -0.1) is 0 Å². The lowest BCUT2D eigenvalue weighted by molar-refractivity contribution is -0.224. The molecule has 3 fully saturated rings. The maximum Gasteiger partial charge on any atom is 0.400 e. The van der Waals surface area contributed by atoms with Crippen LogP contribution in [0.3, 0.4) is 0 Å². The van der Waals surface area contributed by atoms with Crippen molar-refractivity contribution in [2.24, 2.45) is 23.2 Å². The summed E-state index contributed by atoms with van der Waals surface area (Å²) >= 11 is 0. The van der Waals surface area contributed by atoms with Crippen LogP contribution in [0, 0.1) is 40.6 Å². The molecule has 1 spiro atoms. The third kappa shape index (κ3) is 3.95. The topological polar surface area (TPSA) is 9.23 Å². The first-order valence-electron chi connectivity index (χ1n) is 9.99. The molecule has 3 saturated carbocycles. The Bertz CT molecular complexity index is 659. The van der Waals surface area contributed by atoms with Gasteiger partial charge in [-0.2, -0.15) is 8.78 Å². The van der Waals surface area contributed by atoms with Crippen molar-refractivity contribution in [1.29, 1.82) is 0 Å². The van der Waals surface area contributed by atoms with Gasteiger partial charge in [0.15, 0.2) is 17.5 Å². The van der Waals surface area contributed by atoms with Crippen molar-refractivity contribution in [3.05, 3.63) is 29.6 Å². The Morgan fingerprint density at radius 2 is 1.30 bits per heavy atom. The number of halogens is 5. The van der Waals surface area contributed by atoms with Crippen LogP contribution in [-0.2, 0) is 0 Å². The zero-order valence-electron chi connectivity index (χ0n) is 15.3. The Labute approximate surface area is 156 Å². The molecular weight excluding hydrogens is 363 g/mol. The lowest BCUT2D eigenvalue weighted by atomic mass is 9.68. The molecule has 0 heterocycles. The molecule has 6 heteroatoms. The van der Waals surface area contributed by atoms with E-state index < -0.39 is 35.2 Å². The van der Waals surface area contributed by atoms with Crippen molar-refractivity contribution in [2.45, 2.75) is 70.3 Å². The molecule has 1 aromatic rings. The number of hydrogen-bond donors (Lipinski definition) is 0. The monoisotopic (exact) mass is 388 g/mol. The van der Waals surface area contributed by atoms with Gasteiger partial charge >= 0.3 is 6.11 Å². The molecule has 4 rings (SSSR count). The van der Waals surface area contributed by atoms with Crippen molar-refractivity contribution < 1.29 is 26.7 Å². The van der Waals surface area contributed by atoms with Gasteiger partial charge in [-0.1, -0.05) is 0 Å². The summed E-state index contributed by atoms with van der Waals surface area (Å²) in [7, 11) is 0. The van der Waals surface area contributed by atoms with E-state index in [2.05, 4.69) is 4.74 Å². The molecule has 1 nitrogen and oxygen atoms in total. The van der Waals surface area contributed by atoms with Crippen molar-refractivity contribution in [3.63, 3.8) is 0 Å². The molecule has 0 radical (unpaired) electrons. The zero-order chi connectivity index (χ0) is 19.2. The van der Waals surface area contributed by atoms with Crippen LogP contribution in [0.5, 0.6) is 5.75 Å². The molecule has 3 aliphatic rings. The molecule has 3 aliphatic carbocycles. The zero-order valence-corrected chi connectivity index (χ0v) is 15.3. The highest BCUT2D eigenvalue weighted by Gasteiger charge is 2.48. The van der Waals surface area contributed by atoms with E-state index >= 15 is 0 Å². The van der Waals surface area contributed by atoms with Crippen LogP contribution < -0.4 is 4.74 Å². The highest BCUT2D eigenvalue weighted by molar-refractivity contribution is 5.25. The highest BCUT2D eigenvalue weighted by Crippen LogP contribution is 2.59. The van der Waals surface area contributed by atoms with Crippen LogP contribution in [0.2, 0.25) is 0 Å². The van der Waals surface area contributed by atoms with E-state index in [1.165, 1.54) is 38.5 Å². The van der Waals surface area contributed by atoms with Gasteiger partial charge in [0.25, 0.3) is 0 Å². The van der Waals surface area contributed by atoms with Crippen LogP contribution >= 0.6 is 0 Å². The SMILES string of the molecule is Fc1cc(OC(F)(F)C2CCC(C3CCC4(CC3)CC4)CC2)cc(F)c1F. The van der Waals surface area contributed by atoms with Crippen LogP contribution in [0.4, 0.5) is 22.0 Å². The van der Waals surface area contributed by atoms with Gasteiger partial charge in [0.1, 0.15) is 5.75 Å². The number of benzene rings is 1. The lowest BCUT2D eigenvalue weighted by Crippen LogP contribution is -2.38. The third-order valence-corrected chi connectivity index (χ3v) is 7.17. The van der Waals surface area contributed by atoms with Crippen molar-refractivity contribution in [3.8, 4) is 5.75 Å². The molecule has 0 amide bonds. The Morgan fingerprint density at radius 3 is 1.81 bits per heavy atom. The smallest absolute Gasteiger partial charge is 0.400 e. The van der Waals surface area contributed by atoms with E-state index in [-0.39, 0.29) is 0 Å². The molecule has 0 unspecified atom stereocenters. The van der Waals surface area contributed by atoms with Gasteiger partial charge in [0.2, 0.25) is 0 Å². The molecule has 1 aromatic carbocycles. The van der Waals surface area contributed by atoms with Crippen LogP contribution in [0.1, 0.15) is 64.2 Å². The Hall–Kier alpha value is -1.33. The first kappa shape index (κ1) is 19.0. The molecule has 150 valence electrons. The molecule has 0 bridgehead atoms. The molecule has 0 saturated heterocycles. The second kappa shape index (κ2) is 6.93. The van der Waals surface area contributed by atoms with E-state index in [0.29, 0.717) is 42.2 Å². The van der Waals surface area contributed by atoms with E-state index in [0.717, 1.165) is 12.8 Å². The quantitative estimate of drug-likeness (QED) is 0.405. The average Bonchev–Trinajstić information content (AvgIpc) is 3.39. The summed E-state index contributed by atoms with van der Waals surface area (Å²) in [6.45, 7) is 0. The maximum absolute atomic E-state index is 14.5. The van der Waals surface area contributed by atoms with Crippen LogP contribution in [0.25, 0.3) is 0 Å². The Balaban J connectivity index is 1.32. The van der Waals surface area contributed by atoms with Gasteiger partial charge < -0.3 is 4.74 Å². The molecule has 27 heavy (non-hydrogen) atoms. The molecular formula is C21H25F5O. The summed E-state index contributed by atoms with van der Waals surface area (Å²) in [5.41, 5.74) is 0.633. The van der Waals surface area contributed by atoms with Crippen molar-refractivity contribution in [2.75, 3.05) is 0 Å². The minimum atomic E-state index is -3.52. The predicted octanol–water partition coefficient (Wildman–Crippen LogP) is 6.85. The van der Waals surface area contributed by atoms with E-state index in [9.17, 15) is 22.0 Å². The Kier molecular flexibility index (Phi) is 4.88. The predicted molar refractivity (Wildman–Crippen MR) is 91.0 cm³/mol. The number of ether oxygens (including phenoxy) is 1. The second-order valence-electron chi connectivity index (χ2n) is 8.81. The minimum Gasteiger partial charge on any atom is -0.432 e. The highest BCUT2D eigenvalue weighted by atomic mass is 19.3. The van der Waals surface area contributed by atoms with Crippen molar-refractivity contribution in [1.82, 2.24) is 0 Å². The second-order valence-corrected chi connectivity index (χ2v) is 8.81. The van der Waals surface area contributed by atoms with Gasteiger partial charge in [0.05, 0.1) is 5.92 Å². The third-order valence-electron chi connectivity index (χ3n) is 7.17. The van der Waals surface area contributed by atoms with Gasteiger partial charge in [-0.25, -0.2) is 13.2 Å². The summed E-state index contributed by atoms with van der Waals surface area (Å²) < 4.78 is 73.0. The fraction of sp³-hybridized carbons (Fsp3) is 0.714. The fourth-order valence-electron chi connectivity index (χ4n) is 5.16. The fourth-order valence-corrected chi connectivity index (χ4v) is 5.16. The number of hydrogen-bond acceptors (Lipinski definition) is 1. The van der Waals surface area contributed by atoms with E-state index in [1.807, 2.05) is 0 Å². The first-order valence-corrected chi connectivity index (χ1v) is 9.99. The summed E-state index contributed by atoms with van der Waals surface area (Å²) in [6, 6.07) is 0.932. The van der Waals surface area contributed by atoms with Crippen LogP contribution in [0.15, 0.2) is 12.1 Å². The number of alkyl halides is 2. The average molecular weight is 388 g/mol.